The molecular formula is C12H20N2O2. The number of methoxy groups -OCH3 is 1. The van der Waals surface area contributed by atoms with Crippen molar-refractivity contribution in [2.45, 2.75) is 19.8 Å². The highest BCUT2D eigenvalue weighted by molar-refractivity contribution is 5.29. The van der Waals surface area contributed by atoms with E-state index in [0.717, 1.165) is 30.0 Å². The second kappa shape index (κ2) is 7.19. The van der Waals surface area contributed by atoms with Gasteiger partial charge in [0.2, 0.25) is 0 Å². The van der Waals surface area contributed by atoms with Crippen molar-refractivity contribution in [3.63, 3.8) is 0 Å². The lowest BCUT2D eigenvalue weighted by molar-refractivity contribution is 0.171. The van der Waals surface area contributed by atoms with Crippen LogP contribution in [-0.4, -0.2) is 31.9 Å². The van der Waals surface area contributed by atoms with Crippen molar-refractivity contribution in [1.29, 1.82) is 0 Å². The van der Waals surface area contributed by atoms with E-state index in [4.69, 9.17) is 15.2 Å². The van der Waals surface area contributed by atoms with E-state index in [2.05, 4.69) is 4.98 Å². The second-order valence-corrected chi connectivity index (χ2v) is 3.63. The van der Waals surface area contributed by atoms with Gasteiger partial charge in [0, 0.05) is 32.3 Å². The van der Waals surface area contributed by atoms with E-state index < -0.39 is 0 Å². The quantitative estimate of drug-likeness (QED) is 0.709. The molecule has 1 heterocycles. The van der Waals surface area contributed by atoms with Gasteiger partial charge in [0.15, 0.2) is 0 Å². The van der Waals surface area contributed by atoms with E-state index in [1.165, 1.54) is 0 Å². The maximum Gasteiger partial charge on any atom is 0.140 e. The molecular weight excluding hydrogens is 204 g/mol. The van der Waals surface area contributed by atoms with Gasteiger partial charge in [-0.1, -0.05) is 0 Å². The Morgan fingerprint density at radius 3 is 2.81 bits per heavy atom. The Morgan fingerprint density at radius 2 is 2.12 bits per heavy atom. The number of aromatic nitrogens is 1. The lowest BCUT2D eigenvalue weighted by Crippen LogP contribution is -2.09. The molecule has 1 rings (SSSR count). The highest BCUT2D eigenvalue weighted by Crippen LogP contribution is 2.17. The van der Waals surface area contributed by atoms with Crippen molar-refractivity contribution in [3.8, 4) is 5.75 Å². The third-order valence-corrected chi connectivity index (χ3v) is 2.20. The van der Waals surface area contributed by atoms with Gasteiger partial charge in [-0.25, -0.2) is 0 Å². The molecule has 4 nitrogen and oxygen atoms in total. The average molecular weight is 224 g/mol. The molecule has 0 aliphatic heterocycles. The number of hydrogen-bond donors (Lipinski definition) is 1. The van der Waals surface area contributed by atoms with Gasteiger partial charge in [0.25, 0.3) is 0 Å². The van der Waals surface area contributed by atoms with Crippen LogP contribution in [0.4, 0.5) is 0 Å². The number of pyridine rings is 1. The van der Waals surface area contributed by atoms with Crippen molar-refractivity contribution in [2.75, 3.05) is 26.9 Å². The molecule has 0 saturated heterocycles. The molecule has 0 fully saturated rings. The first kappa shape index (κ1) is 12.9. The first-order valence-electron chi connectivity index (χ1n) is 5.56. The fraction of sp³-hybridized carbons (Fsp3) is 0.583. The van der Waals surface area contributed by atoms with Gasteiger partial charge in [-0.15, -0.1) is 0 Å². The summed E-state index contributed by atoms with van der Waals surface area (Å²) in [4.78, 5) is 4.43. The summed E-state index contributed by atoms with van der Waals surface area (Å²) in [7, 11) is 1.69. The molecule has 0 bridgehead atoms. The molecule has 0 radical (unpaired) electrons. The highest BCUT2D eigenvalue weighted by atomic mass is 16.5. The summed E-state index contributed by atoms with van der Waals surface area (Å²) in [6.07, 6.45) is 1.63. The van der Waals surface area contributed by atoms with Crippen LogP contribution in [0.5, 0.6) is 5.75 Å². The molecule has 0 spiro atoms. The van der Waals surface area contributed by atoms with Crippen LogP contribution in [0.1, 0.15) is 17.8 Å². The van der Waals surface area contributed by atoms with Gasteiger partial charge in [-0.05, 0) is 25.6 Å². The molecule has 0 amide bonds. The Balaban J connectivity index is 2.56. The number of nitrogens with two attached hydrogens (primary N) is 1. The van der Waals surface area contributed by atoms with Crippen LogP contribution in [0, 0.1) is 6.92 Å². The molecule has 2 N–H and O–H groups in total. The minimum absolute atomic E-state index is 0.588. The molecule has 0 saturated carbocycles. The standard InChI is InChI=1S/C12H20N2O2/c1-10-4-5-12(11(14-10)6-7-13)16-9-3-8-15-2/h4-5H,3,6-9,13H2,1-2H3. The smallest absolute Gasteiger partial charge is 0.140 e. The Labute approximate surface area is 96.8 Å². The molecule has 16 heavy (non-hydrogen) atoms. The zero-order valence-corrected chi connectivity index (χ0v) is 10.0. The zero-order valence-electron chi connectivity index (χ0n) is 10.0. The molecule has 4 heteroatoms. The van der Waals surface area contributed by atoms with Gasteiger partial charge >= 0.3 is 0 Å². The summed E-state index contributed by atoms with van der Waals surface area (Å²) in [6.45, 7) is 3.92. The zero-order chi connectivity index (χ0) is 11.8. The normalized spacial score (nSPS) is 10.4. The SMILES string of the molecule is COCCCOc1ccc(C)nc1CCN. The van der Waals surface area contributed by atoms with E-state index in [1.54, 1.807) is 7.11 Å². The van der Waals surface area contributed by atoms with Crippen molar-refractivity contribution < 1.29 is 9.47 Å². The van der Waals surface area contributed by atoms with Crippen LogP contribution in [0.3, 0.4) is 0 Å². The molecule has 90 valence electrons. The Morgan fingerprint density at radius 1 is 1.31 bits per heavy atom. The summed E-state index contributed by atoms with van der Waals surface area (Å²) < 4.78 is 10.6. The number of hydrogen-bond acceptors (Lipinski definition) is 4. The Kier molecular flexibility index (Phi) is 5.82. The molecule has 0 aliphatic carbocycles. The third kappa shape index (κ3) is 4.16. The van der Waals surface area contributed by atoms with Crippen LogP contribution in [0.25, 0.3) is 0 Å². The van der Waals surface area contributed by atoms with Crippen molar-refractivity contribution >= 4 is 0 Å². The van der Waals surface area contributed by atoms with E-state index in [0.29, 0.717) is 19.8 Å². The molecule has 0 unspecified atom stereocenters. The summed E-state index contributed by atoms with van der Waals surface area (Å²) in [5.41, 5.74) is 7.48. The maximum atomic E-state index is 5.65. The predicted molar refractivity (Wildman–Crippen MR) is 63.7 cm³/mol. The van der Waals surface area contributed by atoms with Crippen LogP contribution in [-0.2, 0) is 11.2 Å². The van der Waals surface area contributed by atoms with Gasteiger partial charge in [-0.2, -0.15) is 0 Å². The average Bonchev–Trinajstić information content (AvgIpc) is 2.27. The van der Waals surface area contributed by atoms with Crippen molar-refractivity contribution in [1.82, 2.24) is 4.98 Å². The number of rotatable bonds is 7. The van der Waals surface area contributed by atoms with Gasteiger partial charge in [-0.3, -0.25) is 4.98 Å². The van der Waals surface area contributed by atoms with Gasteiger partial charge in [0.1, 0.15) is 5.75 Å². The molecule has 0 atom stereocenters. The van der Waals surface area contributed by atoms with E-state index >= 15 is 0 Å². The topological polar surface area (TPSA) is 57.4 Å². The largest absolute Gasteiger partial charge is 0.492 e. The molecule has 0 aliphatic rings. The summed E-state index contributed by atoms with van der Waals surface area (Å²) in [5.74, 6) is 0.840. The first-order valence-corrected chi connectivity index (χ1v) is 5.56. The maximum absolute atomic E-state index is 5.65. The minimum atomic E-state index is 0.588. The van der Waals surface area contributed by atoms with Crippen LogP contribution in [0.15, 0.2) is 12.1 Å². The summed E-state index contributed by atoms with van der Waals surface area (Å²) in [6, 6.07) is 3.91. The summed E-state index contributed by atoms with van der Waals surface area (Å²) >= 11 is 0. The number of aryl methyl sites for hydroxylation is 1. The van der Waals surface area contributed by atoms with E-state index in [-0.39, 0.29) is 0 Å². The Hall–Kier alpha value is -1.13. The van der Waals surface area contributed by atoms with Gasteiger partial charge in [0.05, 0.1) is 12.3 Å². The molecule has 1 aromatic heterocycles. The second-order valence-electron chi connectivity index (χ2n) is 3.63. The number of ether oxygens (including phenoxy) is 2. The minimum Gasteiger partial charge on any atom is -0.492 e. The molecule has 0 aromatic carbocycles. The highest BCUT2D eigenvalue weighted by Gasteiger charge is 2.04. The monoisotopic (exact) mass is 224 g/mol. The van der Waals surface area contributed by atoms with Crippen molar-refractivity contribution in [2.24, 2.45) is 5.73 Å². The predicted octanol–water partition coefficient (Wildman–Crippen LogP) is 1.31. The molecule has 1 aromatic rings. The lowest BCUT2D eigenvalue weighted by Gasteiger charge is -2.10. The third-order valence-electron chi connectivity index (χ3n) is 2.20. The van der Waals surface area contributed by atoms with Crippen LogP contribution >= 0.6 is 0 Å². The van der Waals surface area contributed by atoms with E-state index in [1.807, 2.05) is 19.1 Å². The van der Waals surface area contributed by atoms with E-state index in [9.17, 15) is 0 Å². The van der Waals surface area contributed by atoms with Crippen LogP contribution < -0.4 is 10.5 Å². The van der Waals surface area contributed by atoms with Crippen molar-refractivity contribution in [3.05, 3.63) is 23.5 Å². The Bertz CT molecular complexity index is 316. The van der Waals surface area contributed by atoms with Crippen LogP contribution in [0.2, 0.25) is 0 Å². The fourth-order valence-electron chi connectivity index (χ4n) is 1.43. The fourth-order valence-corrected chi connectivity index (χ4v) is 1.43. The lowest BCUT2D eigenvalue weighted by atomic mass is 10.2. The first-order chi connectivity index (χ1) is 7.77. The summed E-state index contributed by atoms with van der Waals surface area (Å²) in [5, 5.41) is 0. The van der Waals surface area contributed by atoms with Gasteiger partial charge < -0.3 is 15.2 Å². The number of nitrogens with zero attached hydrogens (tertiary/aromatic N) is 1.